The van der Waals surface area contributed by atoms with Crippen LogP contribution in [0.5, 0.6) is 5.75 Å². The fourth-order valence-electron chi connectivity index (χ4n) is 1.45. The highest BCUT2D eigenvalue weighted by atomic mass is 32.1. The van der Waals surface area contributed by atoms with Gasteiger partial charge in [0.2, 0.25) is 0 Å². The molecule has 0 aliphatic heterocycles. The van der Waals surface area contributed by atoms with E-state index in [4.69, 9.17) is 21.7 Å². The molecule has 1 amide bonds. The molecule has 0 saturated heterocycles. The van der Waals surface area contributed by atoms with Crippen molar-refractivity contribution in [2.45, 2.75) is 19.8 Å². The van der Waals surface area contributed by atoms with Gasteiger partial charge in [-0.25, -0.2) is 9.78 Å². The van der Waals surface area contributed by atoms with E-state index in [-0.39, 0.29) is 5.11 Å². The van der Waals surface area contributed by atoms with Crippen LogP contribution < -0.4 is 15.4 Å². The number of anilines is 1. The molecule has 2 N–H and O–H groups in total. The SMILES string of the molecule is CCOC(=O)NC(=S)Nc1ccc(OCC2CC2)cn1. The molecule has 108 valence electrons. The lowest BCUT2D eigenvalue weighted by molar-refractivity contribution is 0.158. The van der Waals surface area contributed by atoms with E-state index in [0.717, 1.165) is 12.4 Å². The van der Waals surface area contributed by atoms with E-state index in [2.05, 4.69) is 15.6 Å². The molecule has 0 bridgehead atoms. The van der Waals surface area contributed by atoms with Crippen LogP contribution in [-0.2, 0) is 4.74 Å². The number of alkyl carbamates (subject to hydrolysis) is 1. The highest BCUT2D eigenvalue weighted by Crippen LogP contribution is 2.29. The van der Waals surface area contributed by atoms with Gasteiger partial charge in [0.25, 0.3) is 0 Å². The van der Waals surface area contributed by atoms with Crippen molar-refractivity contribution in [2.24, 2.45) is 5.92 Å². The number of aromatic nitrogens is 1. The number of nitrogens with one attached hydrogen (secondary N) is 2. The highest BCUT2D eigenvalue weighted by molar-refractivity contribution is 7.80. The Bertz CT molecular complexity index is 474. The number of carbonyl (C=O) groups excluding carboxylic acids is 1. The Kier molecular flexibility index (Phi) is 5.11. The molecule has 1 aliphatic rings. The van der Waals surface area contributed by atoms with Gasteiger partial charge in [0.05, 0.1) is 19.4 Å². The zero-order chi connectivity index (χ0) is 14.4. The molecule has 6 nitrogen and oxygen atoms in total. The summed E-state index contributed by atoms with van der Waals surface area (Å²) in [6.45, 7) is 2.76. The van der Waals surface area contributed by atoms with E-state index in [0.29, 0.717) is 18.3 Å². The third-order valence-corrected chi connectivity index (χ3v) is 2.86. The summed E-state index contributed by atoms with van der Waals surface area (Å²) in [5, 5.41) is 5.31. The van der Waals surface area contributed by atoms with E-state index in [1.165, 1.54) is 12.8 Å². The molecule has 0 unspecified atom stereocenters. The molecule has 0 aromatic carbocycles. The van der Waals surface area contributed by atoms with Crippen molar-refractivity contribution >= 4 is 29.2 Å². The maximum Gasteiger partial charge on any atom is 0.413 e. The lowest BCUT2D eigenvalue weighted by Crippen LogP contribution is -2.34. The molecule has 0 spiro atoms. The molecule has 0 atom stereocenters. The van der Waals surface area contributed by atoms with E-state index < -0.39 is 6.09 Å². The van der Waals surface area contributed by atoms with Crippen LogP contribution >= 0.6 is 12.2 Å². The predicted molar refractivity (Wildman–Crippen MR) is 78.8 cm³/mol. The van der Waals surface area contributed by atoms with Crippen LogP contribution in [0.1, 0.15) is 19.8 Å². The number of pyridine rings is 1. The molecular formula is C13H17N3O3S. The minimum absolute atomic E-state index is 0.141. The van der Waals surface area contributed by atoms with E-state index in [9.17, 15) is 4.79 Å². The number of ether oxygens (including phenoxy) is 2. The number of hydrogen-bond acceptors (Lipinski definition) is 5. The minimum atomic E-state index is -0.589. The first-order valence-electron chi connectivity index (χ1n) is 6.51. The lowest BCUT2D eigenvalue weighted by Gasteiger charge is -2.09. The number of amides is 1. The number of nitrogens with zero attached hydrogens (tertiary/aromatic N) is 1. The van der Waals surface area contributed by atoms with Crippen LogP contribution in [-0.4, -0.2) is 29.4 Å². The molecule has 7 heteroatoms. The maximum absolute atomic E-state index is 11.2. The van der Waals surface area contributed by atoms with Gasteiger partial charge in [0.1, 0.15) is 11.6 Å². The summed E-state index contributed by atoms with van der Waals surface area (Å²) >= 11 is 4.96. The third kappa shape index (κ3) is 5.00. The van der Waals surface area contributed by atoms with E-state index in [1.807, 2.05) is 6.07 Å². The molecule has 1 aromatic heterocycles. The second kappa shape index (κ2) is 7.04. The van der Waals surface area contributed by atoms with Crippen molar-refractivity contribution in [3.05, 3.63) is 18.3 Å². The molecule has 20 heavy (non-hydrogen) atoms. The van der Waals surface area contributed by atoms with Crippen molar-refractivity contribution in [3.8, 4) is 5.75 Å². The first kappa shape index (κ1) is 14.5. The zero-order valence-corrected chi connectivity index (χ0v) is 12.0. The zero-order valence-electron chi connectivity index (χ0n) is 11.2. The van der Waals surface area contributed by atoms with Crippen molar-refractivity contribution in [1.29, 1.82) is 0 Å². The monoisotopic (exact) mass is 295 g/mol. The van der Waals surface area contributed by atoms with Gasteiger partial charge < -0.3 is 14.8 Å². The Morgan fingerprint density at radius 3 is 2.90 bits per heavy atom. The highest BCUT2D eigenvalue weighted by Gasteiger charge is 2.21. The first-order valence-corrected chi connectivity index (χ1v) is 6.92. The molecule has 1 heterocycles. The Morgan fingerprint density at radius 2 is 2.30 bits per heavy atom. The molecule has 1 saturated carbocycles. The van der Waals surface area contributed by atoms with Crippen LogP contribution in [0, 0.1) is 5.92 Å². The predicted octanol–water partition coefficient (Wildman–Crippen LogP) is 2.31. The normalized spacial score (nSPS) is 13.4. The molecule has 1 aliphatic carbocycles. The van der Waals surface area contributed by atoms with Gasteiger partial charge in [-0.2, -0.15) is 0 Å². The van der Waals surface area contributed by atoms with Gasteiger partial charge in [-0.1, -0.05) is 0 Å². The fraction of sp³-hybridized carbons (Fsp3) is 0.462. The average molecular weight is 295 g/mol. The maximum atomic E-state index is 11.2. The smallest absolute Gasteiger partial charge is 0.413 e. The van der Waals surface area contributed by atoms with Gasteiger partial charge in [-0.05, 0) is 50.0 Å². The summed E-state index contributed by atoms with van der Waals surface area (Å²) in [4.78, 5) is 15.3. The molecule has 1 fully saturated rings. The van der Waals surface area contributed by atoms with Gasteiger partial charge in [0, 0.05) is 0 Å². The first-order chi connectivity index (χ1) is 9.67. The largest absolute Gasteiger partial charge is 0.492 e. The Balaban J connectivity index is 1.77. The Morgan fingerprint density at radius 1 is 1.50 bits per heavy atom. The quantitative estimate of drug-likeness (QED) is 0.812. The average Bonchev–Trinajstić information content (AvgIpc) is 3.22. The van der Waals surface area contributed by atoms with Gasteiger partial charge in [-0.15, -0.1) is 0 Å². The van der Waals surface area contributed by atoms with Crippen molar-refractivity contribution in [1.82, 2.24) is 10.3 Å². The van der Waals surface area contributed by atoms with Crippen molar-refractivity contribution < 1.29 is 14.3 Å². The number of thiocarbonyl (C=S) groups is 1. The van der Waals surface area contributed by atoms with E-state index in [1.54, 1.807) is 19.2 Å². The number of rotatable bonds is 5. The van der Waals surface area contributed by atoms with Crippen molar-refractivity contribution in [2.75, 3.05) is 18.5 Å². The second-order valence-electron chi connectivity index (χ2n) is 4.43. The Hall–Kier alpha value is -1.89. The molecule has 0 radical (unpaired) electrons. The summed E-state index contributed by atoms with van der Waals surface area (Å²) in [5.41, 5.74) is 0. The summed E-state index contributed by atoms with van der Waals surface area (Å²) < 4.78 is 10.3. The van der Waals surface area contributed by atoms with Gasteiger partial charge in [0.15, 0.2) is 5.11 Å². The standard InChI is InChI=1S/C13H17N3O3S/c1-2-18-13(17)16-12(20)15-11-6-5-10(7-14-11)19-8-9-3-4-9/h5-7,9H,2-4,8H2,1H3,(H2,14,15,16,17,20). The third-order valence-electron chi connectivity index (χ3n) is 2.65. The van der Waals surface area contributed by atoms with Crippen molar-refractivity contribution in [3.63, 3.8) is 0 Å². The number of hydrogen-bond donors (Lipinski definition) is 2. The molecular weight excluding hydrogens is 278 g/mol. The van der Waals surface area contributed by atoms with Crippen LogP contribution in [0.3, 0.4) is 0 Å². The van der Waals surface area contributed by atoms with Crippen LogP contribution in [0.25, 0.3) is 0 Å². The topological polar surface area (TPSA) is 72.5 Å². The fourth-order valence-corrected chi connectivity index (χ4v) is 1.63. The van der Waals surface area contributed by atoms with Gasteiger partial charge >= 0.3 is 6.09 Å². The van der Waals surface area contributed by atoms with Crippen LogP contribution in [0.15, 0.2) is 18.3 Å². The second-order valence-corrected chi connectivity index (χ2v) is 4.84. The number of carbonyl (C=O) groups is 1. The van der Waals surface area contributed by atoms with Crippen LogP contribution in [0.2, 0.25) is 0 Å². The minimum Gasteiger partial charge on any atom is -0.492 e. The summed E-state index contributed by atoms with van der Waals surface area (Å²) in [5.74, 6) is 1.96. The molecule has 2 rings (SSSR count). The molecule has 1 aromatic rings. The van der Waals surface area contributed by atoms with E-state index >= 15 is 0 Å². The van der Waals surface area contributed by atoms with Crippen LogP contribution in [0.4, 0.5) is 10.6 Å². The Labute approximate surface area is 122 Å². The summed E-state index contributed by atoms with van der Waals surface area (Å²) in [6.07, 6.45) is 3.54. The van der Waals surface area contributed by atoms with Gasteiger partial charge in [-0.3, -0.25) is 5.32 Å². The lowest BCUT2D eigenvalue weighted by atomic mass is 10.4. The summed E-state index contributed by atoms with van der Waals surface area (Å²) in [6, 6.07) is 3.55. The summed E-state index contributed by atoms with van der Waals surface area (Å²) in [7, 11) is 0.